The molecule has 10 heteroatoms. The van der Waals surface area contributed by atoms with Crippen LogP contribution in [0.3, 0.4) is 0 Å². The van der Waals surface area contributed by atoms with Crippen molar-refractivity contribution in [1.82, 2.24) is 0 Å². The van der Waals surface area contributed by atoms with Gasteiger partial charge in [0.05, 0.1) is 27.7 Å². The minimum atomic E-state index is -4.38. The van der Waals surface area contributed by atoms with Crippen LogP contribution in [0.1, 0.15) is 322 Å². The molecule has 0 aromatic rings. The SMILES string of the molecule is CCCCCCC/C=C\C/C=C\CCCCCCCCCCCCCCCCCCCCCCCCCC(=O)OC(COC(=O)CCCCCCCCC/C=C\CCCCCCCC)COP(=O)(O)OCC[N+](C)(C)C. The van der Waals surface area contributed by atoms with Crippen molar-refractivity contribution in [3.05, 3.63) is 36.5 Å². The van der Waals surface area contributed by atoms with Crippen molar-refractivity contribution in [3.63, 3.8) is 0 Å². The second-order valence-corrected chi connectivity index (χ2v) is 25.0. The number of quaternary nitrogens is 1. The maximum atomic E-state index is 12.8. The van der Waals surface area contributed by atoms with Gasteiger partial charge in [-0.15, -0.1) is 0 Å². The van der Waals surface area contributed by atoms with Gasteiger partial charge in [-0.2, -0.15) is 0 Å². The van der Waals surface area contributed by atoms with Gasteiger partial charge in [-0.05, 0) is 70.6 Å². The second kappa shape index (κ2) is 57.9. The van der Waals surface area contributed by atoms with E-state index in [4.69, 9.17) is 18.5 Å². The Balaban J connectivity index is 3.96. The van der Waals surface area contributed by atoms with E-state index in [1.54, 1.807) is 0 Å². The molecule has 9 nitrogen and oxygen atoms in total. The monoisotopic (exact) mass is 1090 g/mol. The summed E-state index contributed by atoms with van der Waals surface area (Å²) >= 11 is 0. The molecule has 0 radical (unpaired) electrons. The van der Waals surface area contributed by atoms with Crippen molar-refractivity contribution < 1.29 is 42.1 Å². The lowest BCUT2D eigenvalue weighted by Crippen LogP contribution is -2.37. The van der Waals surface area contributed by atoms with E-state index in [9.17, 15) is 19.0 Å². The first-order chi connectivity index (χ1) is 37.0. The molecule has 76 heavy (non-hydrogen) atoms. The number of esters is 2. The summed E-state index contributed by atoms with van der Waals surface area (Å²) in [5.74, 6) is -0.786. The van der Waals surface area contributed by atoms with E-state index in [1.807, 2.05) is 21.1 Å². The average Bonchev–Trinajstić information content (AvgIpc) is 3.38. The van der Waals surface area contributed by atoms with Crippen molar-refractivity contribution in [2.45, 2.75) is 328 Å². The molecule has 0 spiro atoms. The van der Waals surface area contributed by atoms with E-state index in [1.165, 1.54) is 250 Å². The van der Waals surface area contributed by atoms with Crippen LogP contribution >= 0.6 is 7.82 Å². The van der Waals surface area contributed by atoms with E-state index < -0.39 is 26.5 Å². The van der Waals surface area contributed by atoms with Gasteiger partial charge in [0.25, 0.3) is 0 Å². The molecule has 2 atom stereocenters. The number of likely N-dealkylation sites (N-methyl/N-ethyl adjacent to an activating group) is 1. The summed E-state index contributed by atoms with van der Waals surface area (Å²) in [6, 6.07) is 0. The first-order valence-corrected chi connectivity index (χ1v) is 34.2. The van der Waals surface area contributed by atoms with Gasteiger partial charge in [0.15, 0.2) is 6.10 Å². The number of ether oxygens (including phenoxy) is 2. The zero-order valence-corrected chi connectivity index (χ0v) is 51.9. The molecule has 0 heterocycles. The molecule has 0 saturated carbocycles. The molecule has 0 amide bonds. The number of carbonyl (C=O) groups is 2. The van der Waals surface area contributed by atoms with Crippen molar-refractivity contribution in [2.24, 2.45) is 0 Å². The van der Waals surface area contributed by atoms with E-state index in [0.717, 1.165) is 38.5 Å². The van der Waals surface area contributed by atoms with Crippen molar-refractivity contribution in [2.75, 3.05) is 47.5 Å². The van der Waals surface area contributed by atoms with E-state index in [0.29, 0.717) is 17.4 Å². The summed E-state index contributed by atoms with van der Waals surface area (Å²) in [6.07, 6.45) is 72.4. The van der Waals surface area contributed by atoms with Crippen LogP contribution in [0.2, 0.25) is 0 Å². The first kappa shape index (κ1) is 74.2. The highest BCUT2D eigenvalue weighted by Crippen LogP contribution is 2.43. The fourth-order valence-corrected chi connectivity index (χ4v) is 10.3. The zero-order valence-electron chi connectivity index (χ0n) is 51.0. The Morgan fingerprint density at radius 2 is 0.711 bits per heavy atom. The van der Waals surface area contributed by atoms with E-state index in [-0.39, 0.29) is 32.0 Å². The van der Waals surface area contributed by atoms with Gasteiger partial charge >= 0.3 is 19.8 Å². The fraction of sp³-hybridized carbons (Fsp3) is 0.879. The third-order valence-electron chi connectivity index (χ3n) is 14.6. The minimum absolute atomic E-state index is 0.0333. The summed E-state index contributed by atoms with van der Waals surface area (Å²) < 4.78 is 34.6. The van der Waals surface area contributed by atoms with Crippen LogP contribution in [0.5, 0.6) is 0 Å². The number of unbranched alkanes of at least 4 members (excludes halogenated alkanes) is 41. The van der Waals surface area contributed by atoms with Gasteiger partial charge in [-0.25, -0.2) is 4.57 Å². The van der Waals surface area contributed by atoms with E-state index in [2.05, 4.69) is 50.3 Å². The number of hydrogen-bond acceptors (Lipinski definition) is 7. The fourth-order valence-electron chi connectivity index (χ4n) is 9.57. The average molecular weight is 1090 g/mol. The van der Waals surface area contributed by atoms with Crippen LogP contribution < -0.4 is 0 Å². The van der Waals surface area contributed by atoms with E-state index >= 15 is 0 Å². The Hall–Kier alpha value is -1.77. The Kier molecular flexibility index (Phi) is 56.6. The smallest absolute Gasteiger partial charge is 0.462 e. The number of phosphoric acid groups is 1. The van der Waals surface area contributed by atoms with Gasteiger partial charge in [0.2, 0.25) is 0 Å². The largest absolute Gasteiger partial charge is 0.472 e. The highest BCUT2D eigenvalue weighted by atomic mass is 31.2. The van der Waals surface area contributed by atoms with Crippen LogP contribution in [0.15, 0.2) is 36.5 Å². The molecular formula is C66H127NO8P+. The molecule has 448 valence electrons. The zero-order chi connectivity index (χ0) is 55.6. The van der Waals surface area contributed by atoms with Crippen molar-refractivity contribution in [3.8, 4) is 0 Å². The standard InChI is InChI=1S/C66H126NO8P/c1-6-8-10-12-14-16-18-20-22-24-25-26-27-28-29-30-31-32-33-34-35-36-37-38-39-40-41-43-45-47-49-51-53-55-57-59-66(69)75-64(63-74-76(70,71)73-61-60-67(3,4)5)62-72-65(68)58-56-54-52-50-48-46-44-42-23-21-19-17-15-13-11-9-7-2/h18,20-21,23-25,64H,6-17,19,22,26-63H2,1-5H3/p+1/b20-18-,23-21-,25-24-. The Bertz CT molecular complexity index is 1380. The summed E-state index contributed by atoms with van der Waals surface area (Å²) in [5.41, 5.74) is 0. The van der Waals surface area contributed by atoms with Crippen molar-refractivity contribution >= 4 is 19.8 Å². The van der Waals surface area contributed by atoms with Gasteiger partial charge in [-0.3, -0.25) is 18.6 Å². The van der Waals surface area contributed by atoms with Gasteiger partial charge in [0.1, 0.15) is 19.8 Å². The lowest BCUT2D eigenvalue weighted by Gasteiger charge is -2.24. The maximum Gasteiger partial charge on any atom is 0.472 e. The number of rotatable bonds is 61. The van der Waals surface area contributed by atoms with Crippen LogP contribution in [0, 0.1) is 0 Å². The lowest BCUT2D eigenvalue weighted by molar-refractivity contribution is -0.870. The van der Waals surface area contributed by atoms with Crippen molar-refractivity contribution in [1.29, 1.82) is 0 Å². The summed E-state index contributed by atoms with van der Waals surface area (Å²) in [4.78, 5) is 35.7. The maximum absolute atomic E-state index is 12.8. The minimum Gasteiger partial charge on any atom is -0.462 e. The highest BCUT2D eigenvalue weighted by molar-refractivity contribution is 7.47. The number of nitrogens with zero attached hydrogens (tertiary/aromatic N) is 1. The molecule has 0 aliphatic carbocycles. The molecule has 0 saturated heterocycles. The molecule has 0 bridgehead atoms. The number of carbonyl (C=O) groups excluding carboxylic acids is 2. The molecule has 2 unspecified atom stereocenters. The number of hydrogen-bond donors (Lipinski definition) is 1. The highest BCUT2D eigenvalue weighted by Gasteiger charge is 2.27. The van der Waals surface area contributed by atoms with Gasteiger partial charge < -0.3 is 18.9 Å². The van der Waals surface area contributed by atoms with Gasteiger partial charge in [-0.1, -0.05) is 275 Å². The Morgan fingerprint density at radius 1 is 0.408 bits per heavy atom. The quantitative estimate of drug-likeness (QED) is 0.0211. The molecule has 1 N–H and O–H groups in total. The first-order valence-electron chi connectivity index (χ1n) is 32.7. The third-order valence-corrected chi connectivity index (χ3v) is 15.6. The molecule has 0 aliphatic rings. The predicted molar refractivity (Wildman–Crippen MR) is 326 cm³/mol. The van der Waals surface area contributed by atoms with Crippen LogP contribution in [-0.4, -0.2) is 74.9 Å². The number of phosphoric ester groups is 1. The predicted octanol–water partition coefficient (Wildman–Crippen LogP) is 20.7. The summed E-state index contributed by atoms with van der Waals surface area (Å²) in [6.45, 7) is 4.46. The van der Waals surface area contributed by atoms with Crippen LogP contribution in [0.4, 0.5) is 0 Å². The normalized spacial score (nSPS) is 13.4. The molecular weight excluding hydrogens is 966 g/mol. The third kappa shape index (κ3) is 61.4. The van der Waals surface area contributed by atoms with Gasteiger partial charge in [0, 0.05) is 12.8 Å². The van der Waals surface area contributed by atoms with Crippen LogP contribution in [0.25, 0.3) is 0 Å². The Morgan fingerprint density at radius 3 is 1.05 bits per heavy atom. The van der Waals surface area contributed by atoms with Crippen LogP contribution in [-0.2, 0) is 32.7 Å². The molecule has 0 aromatic heterocycles. The molecule has 0 aliphatic heterocycles. The topological polar surface area (TPSA) is 108 Å². The molecule has 0 rings (SSSR count). The Labute approximate surface area is 471 Å². The lowest BCUT2D eigenvalue weighted by atomic mass is 10.0. The number of allylic oxidation sites excluding steroid dienone is 6. The molecule has 0 aromatic carbocycles. The summed E-state index contributed by atoms with van der Waals surface area (Å²) in [5, 5.41) is 0. The second-order valence-electron chi connectivity index (χ2n) is 23.5. The molecule has 0 fully saturated rings. The summed E-state index contributed by atoms with van der Waals surface area (Å²) in [7, 11) is 1.49.